The monoisotopic (exact) mass is 622 g/mol. The maximum atomic E-state index is 14.1. The molecular weight excluding hydrogens is 607 g/mol. The van der Waals surface area contributed by atoms with E-state index in [1.54, 1.807) is 0 Å². The molecule has 5 atom stereocenters. The zero-order chi connectivity index (χ0) is 28.9. The van der Waals surface area contributed by atoms with Crippen LogP contribution in [0.3, 0.4) is 0 Å². The van der Waals surface area contributed by atoms with E-state index in [1.165, 1.54) is 12.3 Å². The van der Waals surface area contributed by atoms with Crippen LogP contribution in [0.1, 0.15) is 23.5 Å². The Morgan fingerprint density at radius 3 is 2.45 bits per heavy atom. The van der Waals surface area contributed by atoms with Gasteiger partial charge in [-0.25, -0.2) is 9.07 Å². The second-order valence-corrected chi connectivity index (χ2v) is 10.0. The first kappa shape index (κ1) is 28.7. The molecule has 17 heteroatoms. The number of benzene rings is 2. The fraction of sp³-hybridized carbons (Fsp3) is 0.304. The molecule has 1 aliphatic rings. The summed E-state index contributed by atoms with van der Waals surface area (Å²) in [5.41, 5.74) is -1.22. The quantitative estimate of drug-likeness (QED) is 0.224. The molecule has 0 aliphatic carbocycles. The number of aromatic nitrogens is 6. The smallest absolute Gasteiger partial charge is 0.394 e. The molecule has 0 unspecified atom stereocenters. The number of alkyl halides is 3. The predicted octanol–water partition coefficient (Wildman–Crippen LogP) is 4.04. The van der Waals surface area contributed by atoms with E-state index in [9.17, 15) is 32.9 Å². The first-order valence-corrected chi connectivity index (χ1v) is 12.5. The molecule has 5 rings (SSSR count). The minimum absolute atomic E-state index is 0.0109. The van der Waals surface area contributed by atoms with Crippen LogP contribution in [-0.4, -0.2) is 70.0 Å². The second-order valence-electron chi connectivity index (χ2n) is 8.81. The lowest BCUT2D eigenvalue weighted by molar-refractivity contribution is -0.210. The Kier molecular flexibility index (Phi) is 7.78. The van der Waals surface area contributed by atoms with E-state index in [0.29, 0.717) is 0 Å². The van der Waals surface area contributed by atoms with Crippen LogP contribution in [0.4, 0.5) is 17.6 Å². The first-order valence-electron chi connectivity index (χ1n) is 11.4. The van der Waals surface area contributed by atoms with Gasteiger partial charge in [0.1, 0.15) is 48.3 Å². The molecule has 0 bridgehead atoms. The zero-order valence-electron chi connectivity index (χ0n) is 19.7. The molecule has 0 amide bonds. The van der Waals surface area contributed by atoms with E-state index in [4.69, 9.17) is 39.5 Å². The topological polar surface area (TPSA) is 131 Å². The van der Waals surface area contributed by atoms with Gasteiger partial charge in [-0.1, -0.05) is 40.0 Å². The molecule has 10 nitrogen and oxygen atoms in total. The van der Waals surface area contributed by atoms with Gasteiger partial charge in [0.15, 0.2) is 5.82 Å². The van der Waals surface area contributed by atoms with Crippen molar-refractivity contribution in [1.82, 2.24) is 29.8 Å². The maximum Gasteiger partial charge on any atom is 0.418 e. The van der Waals surface area contributed by atoms with Gasteiger partial charge < -0.3 is 20.1 Å². The van der Waals surface area contributed by atoms with Crippen LogP contribution in [0.15, 0.2) is 42.9 Å². The number of aliphatic hydroxyl groups excluding tert-OH is 3. The van der Waals surface area contributed by atoms with Gasteiger partial charge in [0.2, 0.25) is 0 Å². The van der Waals surface area contributed by atoms with Gasteiger partial charge in [0, 0.05) is 10.6 Å². The van der Waals surface area contributed by atoms with Gasteiger partial charge in [-0.05, 0) is 30.3 Å². The predicted molar refractivity (Wildman–Crippen MR) is 133 cm³/mol. The third-order valence-electron chi connectivity index (χ3n) is 6.34. The number of aliphatic hydroxyl groups is 3. The maximum absolute atomic E-state index is 14.1. The van der Waals surface area contributed by atoms with Crippen molar-refractivity contribution in [2.45, 2.75) is 36.6 Å². The largest absolute Gasteiger partial charge is 0.418 e. The molecule has 2 aromatic carbocycles. The highest BCUT2D eigenvalue weighted by atomic mass is 35.5. The van der Waals surface area contributed by atoms with Crippen molar-refractivity contribution in [2.24, 2.45) is 0 Å². The summed E-state index contributed by atoms with van der Waals surface area (Å²) in [5.74, 6) is -1.09. The van der Waals surface area contributed by atoms with Crippen LogP contribution in [0, 0.1) is 5.82 Å². The van der Waals surface area contributed by atoms with Crippen molar-refractivity contribution in [3.63, 3.8) is 0 Å². The molecule has 4 aromatic rings. The molecule has 0 saturated carbocycles. The molecule has 212 valence electrons. The summed E-state index contributed by atoms with van der Waals surface area (Å²) in [6, 6.07) is 3.94. The lowest BCUT2D eigenvalue weighted by Crippen LogP contribution is -2.53. The van der Waals surface area contributed by atoms with Crippen LogP contribution >= 0.6 is 34.8 Å². The standard InChI is InChI=1S/C23H17Cl3F4N6O4/c24-10-1-2-11(23(28,29)30)15(5-10)35-8-31-33-22(35)21-20(39)18(19(38)16(7-37)40-21)36-6-14(32-34-36)9-3-12(25)17(26)13(27)4-9/h1-6,8,16,18-21,37-39H,7H2/t16-,18+,19+,20-,21-/m1/s1. The van der Waals surface area contributed by atoms with E-state index >= 15 is 0 Å². The number of hydrogen-bond donors (Lipinski definition) is 3. The van der Waals surface area contributed by atoms with Gasteiger partial charge in [-0.2, -0.15) is 13.2 Å². The Hall–Kier alpha value is -2.85. The summed E-state index contributed by atoms with van der Waals surface area (Å²) >= 11 is 17.7. The van der Waals surface area contributed by atoms with Crippen molar-refractivity contribution in [3.8, 4) is 16.9 Å². The van der Waals surface area contributed by atoms with E-state index < -0.39 is 60.3 Å². The van der Waals surface area contributed by atoms with Crippen LogP contribution in [0.2, 0.25) is 15.1 Å². The number of halogens is 7. The molecule has 1 saturated heterocycles. The third-order valence-corrected chi connectivity index (χ3v) is 7.35. The van der Waals surface area contributed by atoms with Crippen molar-refractivity contribution in [3.05, 3.63) is 75.1 Å². The number of nitrogens with zero attached hydrogens (tertiary/aromatic N) is 6. The minimum Gasteiger partial charge on any atom is -0.394 e. The van der Waals surface area contributed by atoms with Gasteiger partial charge in [0.05, 0.1) is 34.1 Å². The van der Waals surface area contributed by atoms with Crippen molar-refractivity contribution < 1.29 is 37.6 Å². The lowest BCUT2D eigenvalue weighted by Gasteiger charge is -2.41. The van der Waals surface area contributed by atoms with Gasteiger partial charge in [-0.3, -0.25) is 4.57 Å². The Morgan fingerprint density at radius 1 is 1.02 bits per heavy atom. The molecular formula is C23H17Cl3F4N6O4. The highest BCUT2D eigenvalue weighted by molar-refractivity contribution is 6.42. The van der Waals surface area contributed by atoms with Crippen LogP contribution in [0.5, 0.6) is 0 Å². The fourth-order valence-electron chi connectivity index (χ4n) is 4.45. The van der Waals surface area contributed by atoms with Crippen LogP contribution in [-0.2, 0) is 10.9 Å². The molecule has 1 aliphatic heterocycles. The molecule has 0 spiro atoms. The van der Waals surface area contributed by atoms with E-state index in [0.717, 1.165) is 39.8 Å². The van der Waals surface area contributed by atoms with E-state index in [1.807, 2.05) is 0 Å². The van der Waals surface area contributed by atoms with Gasteiger partial charge in [0.25, 0.3) is 0 Å². The molecule has 3 heterocycles. The van der Waals surface area contributed by atoms with Gasteiger partial charge in [-0.15, -0.1) is 15.3 Å². The Balaban J connectivity index is 1.55. The Morgan fingerprint density at radius 2 is 1.77 bits per heavy atom. The Bertz CT molecular complexity index is 1530. The summed E-state index contributed by atoms with van der Waals surface area (Å²) in [6.45, 7) is -0.737. The normalized spacial score (nSPS) is 23.5. The van der Waals surface area contributed by atoms with Crippen molar-refractivity contribution in [2.75, 3.05) is 6.61 Å². The zero-order valence-corrected chi connectivity index (χ0v) is 22.0. The van der Waals surface area contributed by atoms with Crippen molar-refractivity contribution >= 4 is 34.8 Å². The highest BCUT2D eigenvalue weighted by Crippen LogP contribution is 2.41. The molecule has 1 fully saturated rings. The molecule has 40 heavy (non-hydrogen) atoms. The average molecular weight is 624 g/mol. The number of hydrogen-bond acceptors (Lipinski definition) is 8. The van der Waals surface area contributed by atoms with Gasteiger partial charge >= 0.3 is 6.18 Å². The number of ether oxygens (including phenoxy) is 1. The first-order chi connectivity index (χ1) is 18.9. The fourth-order valence-corrected chi connectivity index (χ4v) is 4.94. The SMILES string of the molecule is OC[C@H]1O[C@@H](c2nncn2-c2cc(Cl)ccc2C(F)(F)F)[C@H](O)[C@@H](n2cc(-c3cc(F)c(Cl)c(Cl)c3)nn2)[C@H]1O. The van der Waals surface area contributed by atoms with Crippen LogP contribution in [0.25, 0.3) is 16.9 Å². The second kappa shape index (κ2) is 10.9. The minimum atomic E-state index is -4.78. The average Bonchev–Trinajstić information content (AvgIpc) is 3.57. The summed E-state index contributed by atoms with van der Waals surface area (Å²) in [4.78, 5) is 0. The molecule has 3 N–H and O–H groups in total. The Labute approximate surface area is 237 Å². The molecule has 2 aromatic heterocycles. The van der Waals surface area contributed by atoms with E-state index in [2.05, 4.69) is 20.5 Å². The lowest BCUT2D eigenvalue weighted by atomic mass is 9.92. The summed E-state index contributed by atoms with van der Waals surface area (Å²) in [6.07, 6.45) is -8.63. The molecule has 0 radical (unpaired) electrons. The number of rotatable bonds is 5. The summed E-state index contributed by atoms with van der Waals surface area (Å²) in [5, 5.41) is 47.1. The van der Waals surface area contributed by atoms with E-state index in [-0.39, 0.29) is 32.1 Å². The van der Waals surface area contributed by atoms with Crippen LogP contribution < -0.4 is 0 Å². The summed E-state index contributed by atoms with van der Waals surface area (Å²) < 4.78 is 63.2. The highest BCUT2D eigenvalue weighted by Gasteiger charge is 2.48. The third kappa shape index (κ3) is 5.16. The summed E-state index contributed by atoms with van der Waals surface area (Å²) in [7, 11) is 0. The van der Waals surface area contributed by atoms with Crippen molar-refractivity contribution in [1.29, 1.82) is 0 Å².